The van der Waals surface area contributed by atoms with Crippen molar-refractivity contribution < 1.29 is 13.2 Å². The lowest BCUT2D eigenvalue weighted by Crippen LogP contribution is -2.09. The maximum Gasteiger partial charge on any atom is 0.416 e. The van der Waals surface area contributed by atoms with Crippen molar-refractivity contribution in [2.24, 2.45) is 0 Å². The molecule has 3 nitrogen and oxygen atoms in total. The number of hydrogen-bond acceptors (Lipinski definition) is 4. The summed E-state index contributed by atoms with van der Waals surface area (Å²) in [5, 5.41) is 5.59. The highest BCUT2D eigenvalue weighted by molar-refractivity contribution is 7.12. The van der Waals surface area contributed by atoms with E-state index in [9.17, 15) is 13.2 Å². The summed E-state index contributed by atoms with van der Waals surface area (Å²) in [6, 6.07) is 6.02. The highest BCUT2D eigenvalue weighted by atomic mass is 32.1. The molecule has 0 spiro atoms. The second-order valence-corrected chi connectivity index (χ2v) is 5.70. The first-order chi connectivity index (χ1) is 9.92. The zero-order valence-electron chi connectivity index (χ0n) is 11.7. The molecular weight excluding hydrogens is 299 g/mol. The van der Waals surface area contributed by atoms with Crippen LogP contribution in [0.3, 0.4) is 0 Å². The molecule has 0 saturated carbocycles. The van der Waals surface area contributed by atoms with E-state index in [4.69, 9.17) is 0 Å². The molecule has 2 heterocycles. The molecule has 2 N–H and O–H groups in total. The number of rotatable bonds is 5. The van der Waals surface area contributed by atoms with Gasteiger partial charge in [0.25, 0.3) is 0 Å². The van der Waals surface area contributed by atoms with Gasteiger partial charge in [0.1, 0.15) is 11.6 Å². The van der Waals surface area contributed by atoms with Crippen molar-refractivity contribution in [3.05, 3.63) is 39.6 Å². The molecule has 0 unspecified atom stereocenters. The van der Waals surface area contributed by atoms with Crippen molar-refractivity contribution in [2.75, 3.05) is 17.7 Å². The molecule has 0 atom stereocenters. The van der Waals surface area contributed by atoms with Crippen molar-refractivity contribution in [3.8, 4) is 0 Å². The second kappa shape index (κ2) is 6.34. The Morgan fingerprint density at radius 1 is 1.14 bits per heavy atom. The van der Waals surface area contributed by atoms with Gasteiger partial charge < -0.3 is 10.6 Å². The summed E-state index contributed by atoms with van der Waals surface area (Å²) in [5.74, 6) is 0.397. The number of nitrogens with zero attached hydrogens (tertiary/aromatic N) is 1. The van der Waals surface area contributed by atoms with Gasteiger partial charge in [0.05, 0.1) is 12.1 Å². The van der Waals surface area contributed by atoms with Gasteiger partial charge in [-0.2, -0.15) is 13.2 Å². The molecule has 0 aromatic carbocycles. The van der Waals surface area contributed by atoms with Crippen molar-refractivity contribution in [1.82, 2.24) is 4.98 Å². The van der Waals surface area contributed by atoms with Gasteiger partial charge in [0.15, 0.2) is 0 Å². The molecule has 0 amide bonds. The number of hydrogen-bond donors (Lipinski definition) is 2. The Morgan fingerprint density at radius 3 is 2.38 bits per heavy atom. The topological polar surface area (TPSA) is 37.0 Å². The second-order valence-electron chi connectivity index (χ2n) is 4.45. The molecule has 0 aliphatic heterocycles. The highest BCUT2D eigenvalue weighted by Crippen LogP contribution is 2.32. The van der Waals surface area contributed by atoms with Crippen molar-refractivity contribution >= 4 is 23.0 Å². The monoisotopic (exact) mass is 315 g/mol. The zero-order chi connectivity index (χ0) is 15.5. The normalized spacial score (nSPS) is 11.5. The first-order valence-electron chi connectivity index (χ1n) is 6.51. The average Bonchev–Trinajstić information content (AvgIpc) is 2.92. The summed E-state index contributed by atoms with van der Waals surface area (Å²) in [6.45, 7) is 2.53. The lowest BCUT2D eigenvalue weighted by molar-refractivity contribution is -0.137. The van der Waals surface area contributed by atoms with E-state index in [2.05, 4.69) is 22.5 Å². The smallest absolute Gasteiger partial charge is 0.373 e. The summed E-state index contributed by atoms with van der Waals surface area (Å²) in [4.78, 5) is 6.41. The Morgan fingerprint density at radius 2 is 1.81 bits per heavy atom. The number of alkyl halides is 3. The van der Waals surface area contributed by atoms with E-state index in [1.807, 2.05) is 12.1 Å². The summed E-state index contributed by atoms with van der Waals surface area (Å²) in [7, 11) is 1.54. The number of pyridine rings is 1. The Bertz CT molecular complexity index is 608. The van der Waals surface area contributed by atoms with Gasteiger partial charge in [-0.25, -0.2) is 4.98 Å². The van der Waals surface area contributed by atoms with Crippen molar-refractivity contribution in [1.29, 1.82) is 0 Å². The lowest BCUT2D eigenvalue weighted by Gasteiger charge is -2.12. The number of nitrogens with one attached hydrogen (secondary N) is 2. The lowest BCUT2D eigenvalue weighted by atomic mass is 10.2. The molecule has 21 heavy (non-hydrogen) atoms. The van der Waals surface area contributed by atoms with Crippen LogP contribution in [0.1, 0.15) is 22.2 Å². The average molecular weight is 315 g/mol. The molecule has 0 bridgehead atoms. The van der Waals surface area contributed by atoms with Crippen LogP contribution < -0.4 is 10.6 Å². The summed E-state index contributed by atoms with van der Waals surface area (Å²) in [5.41, 5.74) is -0.718. The van der Waals surface area contributed by atoms with E-state index < -0.39 is 11.7 Å². The fourth-order valence-corrected chi connectivity index (χ4v) is 2.70. The van der Waals surface area contributed by atoms with Crippen LogP contribution in [-0.4, -0.2) is 12.0 Å². The van der Waals surface area contributed by atoms with Gasteiger partial charge in [0.2, 0.25) is 0 Å². The first-order valence-corrected chi connectivity index (χ1v) is 7.32. The minimum absolute atomic E-state index is 0.188. The summed E-state index contributed by atoms with van der Waals surface area (Å²) in [6.07, 6.45) is -3.43. The SMILES string of the molecule is CCc1ccc(CNc2cc(C(F)(F)F)cc(NC)n2)s1. The standard InChI is InChI=1S/C14H16F3N3S/c1-3-10-4-5-11(21-10)8-19-13-7-9(14(15,16)17)6-12(18-2)20-13/h4-7H,3,8H2,1-2H3,(H2,18,19,20). The van der Waals surface area contributed by atoms with Crippen LogP contribution in [-0.2, 0) is 19.1 Å². The third-order valence-electron chi connectivity index (χ3n) is 2.92. The maximum absolute atomic E-state index is 12.8. The fourth-order valence-electron chi connectivity index (χ4n) is 1.80. The maximum atomic E-state index is 12.8. The van der Waals surface area contributed by atoms with Crippen molar-refractivity contribution in [3.63, 3.8) is 0 Å². The largest absolute Gasteiger partial charge is 0.416 e. The molecule has 0 aliphatic carbocycles. The predicted molar refractivity (Wildman–Crippen MR) is 79.8 cm³/mol. The Hall–Kier alpha value is -1.76. The fraction of sp³-hybridized carbons (Fsp3) is 0.357. The van der Waals surface area contributed by atoms with Crippen LogP contribution >= 0.6 is 11.3 Å². The number of anilines is 2. The van der Waals surface area contributed by atoms with E-state index in [0.717, 1.165) is 23.4 Å². The molecule has 114 valence electrons. The van der Waals surface area contributed by atoms with Crippen LogP contribution in [0.2, 0.25) is 0 Å². The number of aromatic nitrogens is 1. The molecule has 0 fully saturated rings. The molecule has 2 rings (SSSR count). The summed E-state index contributed by atoms with van der Waals surface area (Å²) < 4.78 is 38.4. The summed E-state index contributed by atoms with van der Waals surface area (Å²) >= 11 is 1.64. The van der Waals surface area contributed by atoms with Gasteiger partial charge in [-0.05, 0) is 30.7 Å². The Balaban J connectivity index is 2.15. The van der Waals surface area contributed by atoms with Crippen LogP contribution in [0.25, 0.3) is 0 Å². The highest BCUT2D eigenvalue weighted by Gasteiger charge is 2.31. The molecular formula is C14H16F3N3S. The van der Waals surface area contributed by atoms with Gasteiger partial charge in [-0.15, -0.1) is 11.3 Å². The minimum atomic E-state index is -4.39. The van der Waals surface area contributed by atoms with E-state index >= 15 is 0 Å². The van der Waals surface area contributed by atoms with E-state index in [1.165, 1.54) is 4.88 Å². The molecule has 0 radical (unpaired) electrons. The molecule has 2 aromatic rings. The number of halogens is 3. The molecule has 2 aromatic heterocycles. The molecule has 7 heteroatoms. The number of aryl methyl sites for hydroxylation is 1. The van der Waals surface area contributed by atoms with Crippen LogP contribution in [0, 0.1) is 0 Å². The minimum Gasteiger partial charge on any atom is -0.373 e. The quantitative estimate of drug-likeness (QED) is 0.860. The number of thiophene rings is 1. The van der Waals surface area contributed by atoms with Gasteiger partial charge in [-0.3, -0.25) is 0 Å². The third-order valence-corrected chi connectivity index (χ3v) is 4.15. The van der Waals surface area contributed by atoms with Crippen LogP contribution in [0.5, 0.6) is 0 Å². The first kappa shape index (κ1) is 15.6. The van der Waals surface area contributed by atoms with Crippen LogP contribution in [0.15, 0.2) is 24.3 Å². The van der Waals surface area contributed by atoms with E-state index in [1.54, 1.807) is 18.4 Å². The molecule has 0 saturated heterocycles. The zero-order valence-corrected chi connectivity index (χ0v) is 12.5. The van der Waals surface area contributed by atoms with Gasteiger partial charge >= 0.3 is 6.18 Å². The Kier molecular flexibility index (Phi) is 4.72. The molecule has 0 aliphatic rings. The van der Waals surface area contributed by atoms with Crippen LogP contribution in [0.4, 0.5) is 24.8 Å². The van der Waals surface area contributed by atoms with E-state index in [-0.39, 0.29) is 11.6 Å². The van der Waals surface area contributed by atoms with Gasteiger partial charge in [0, 0.05) is 16.8 Å². The predicted octanol–water partition coefficient (Wildman–Crippen LogP) is 4.38. The Labute approximate surface area is 125 Å². The van der Waals surface area contributed by atoms with E-state index in [0.29, 0.717) is 6.54 Å². The van der Waals surface area contributed by atoms with Crippen molar-refractivity contribution in [2.45, 2.75) is 26.1 Å². The third kappa shape index (κ3) is 4.10. The van der Waals surface area contributed by atoms with Gasteiger partial charge in [-0.1, -0.05) is 6.92 Å².